The van der Waals surface area contributed by atoms with Crippen LogP contribution in [0.3, 0.4) is 0 Å². The van der Waals surface area contributed by atoms with Gasteiger partial charge in [0.1, 0.15) is 0 Å². The molecule has 0 bridgehead atoms. The van der Waals surface area contributed by atoms with Gasteiger partial charge in [0.05, 0.1) is 5.56 Å². The number of unbranched alkanes of at least 4 members (excludes halogenated alkanes) is 2. The van der Waals surface area contributed by atoms with Crippen molar-refractivity contribution in [2.45, 2.75) is 78.4 Å². The van der Waals surface area contributed by atoms with E-state index in [1.807, 2.05) is 60.6 Å². The lowest BCUT2D eigenvalue weighted by atomic mass is 9.89. The number of nitrogens with zero attached hydrogens (tertiary/aromatic N) is 5. The first-order valence-electron chi connectivity index (χ1n) is 17.2. The van der Waals surface area contributed by atoms with E-state index in [4.69, 9.17) is 0 Å². The first kappa shape index (κ1) is 34.2. The molecule has 252 valence electrons. The van der Waals surface area contributed by atoms with Crippen molar-refractivity contribution in [3.05, 3.63) is 81.5 Å². The largest absolute Gasteiger partial charge is 0.465 e. The molecule has 1 atom stereocenters. The minimum Gasteiger partial charge on any atom is -0.465 e. The molecule has 0 spiro atoms. The lowest BCUT2D eigenvalue weighted by Crippen LogP contribution is -2.49. The van der Waals surface area contributed by atoms with Crippen molar-refractivity contribution in [1.82, 2.24) is 24.2 Å². The minimum absolute atomic E-state index is 0.0234. The van der Waals surface area contributed by atoms with Crippen LogP contribution in [0.5, 0.6) is 0 Å². The SMILES string of the molecule is CCCCN(CCCC)C(=O)c1cc(-c2cc3c(cc2C(=O)N2Cc4ccccc4C[C@H]2CN(C)C)CN(C(=O)O)CC3)n(C)c1C. The van der Waals surface area contributed by atoms with E-state index in [0.29, 0.717) is 30.6 Å². The van der Waals surface area contributed by atoms with Crippen LogP contribution in [-0.2, 0) is 33.0 Å². The summed E-state index contributed by atoms with van der Waals surface area (Å²) in [5, 5.41) is 9.77. The monoisotopic (exact) mass is 641 g/mol. The van der Waals surface area contributed by atoms with Crippen LogP contribution in [0.15, 0.2) is 42.5 Å². The maximum atomic E-state index is 14.9. The molecule has 0 aliphatic carbocycles. The molecule has 3 heterocycles. The Balaban J connectivity index is 1.62. The Hall–Kier alpha value is -4.11. The van der Waals surface area contributed by atoms with Gasteiger partial charge in [0.15, 0.2) is 0 Å². The third kappa shape index (κ3) is 7.25. The molecule has 2 aromatic carbocycles. The number of carbonyl (C=O) groups excluding carboxylic acids is 2. The molecule has 0 saturated heterocycles. The quantitative estimate of drug-likeness (QED) is 0.269. The van der Waals surface area contributed by atoms with Gasteiger partial charge in [-0.1, -0.05) is 51.0 Å². The highest BCUT2D eigenvalue weighted by molar-refractivity contribution is 6.03. The molecule has 0 fully saturated rings. The van der Waals surface area contributed by atoms with Crippen LogP contribution < -0.4 is 0 Å². The fourth-order valence-corrected chi connectivity index (χ4v) is 7.08. The molecule has 47 heavy (non-hydrogen) atoms. The van der Waals surface area contributed by atoms with Crippen molar-refractivity contribution in [2.24, 2.45) is 7.05 Å². The Kier molecular flexibility index (Phi) is 10.7. The summed E-state index contributed by atoms with van der Waals surface area (Å²) in [6, 6.07) is 14.3. The Morgan fingerprint density at radius 1 is 0.894 bits per heavy atom. The topological polar surface area (TPSA) is 89.3 Å². The zero-order valence-electron chi connectivity index (χ0n) is 29.0. The number of carboxylic acid groups (broad SMARTS) is 1. The number of rotatable bonds is 11. The Bertz CT molecular complexity index is 1620. The van der Waals surface area contributed by atoms with Gasteiger partial charge >= 0.3 is 6.09 Å². The summed E-state index contributed by atoms with van der Waals surface area (Å²) in [7, 11) is 6.03. The second kappa shape index (κ2) is 14.8. The van der Waals surface area contributed by atoms with E-state index >= 15 is 0 Å². The molecule has 2 aliphatic rings. The summed E-state index contributed by atoms with van der Waals surface area (Å²) in [6.45, 7) is 9.60. The lowest BCUT2D eigenvalue weighted by Gasteiger charge is -2.39. The van der Waals surface area contributed by atoms with Crippen molar-refractivity contribution in [1.29, 1.82) is 0 Å². The smallest absolute Gasteiger partial charge is 0.407 e. The molecule has 2 aliphatic heterocycles. The predicted octanol–water partition coefficient (Wildman–Crippen LogP) is 6.21. The second-order valence-corrected chi connectivity index (χ2v) is 13.5. The summed E-state index contributed by atoms with van der Waals surface area (Å²) in [6.07, 6.45) is 4.33. The van der Waals surface area contributed by atoms with Crippen LogP contribution in [0.2, 0.25) is 0 Å². The molecule has 1 N–H and O–H groups in total. The number of benzene rings is 2. The summed E-state index contributed by atoms with van der Waals surface area (Å²) in [5.41, 5.74) is 8.02. The molecule has 3 amide bonds. The van der Waals surface area contributed by atoms with E-state index in [0.717, 1.165) is 85.4 Å². The second-order valence-electron chi connectivity index (χ2n) is 13.5. The molecular formula is C38H51N5O4. The van der Waals surface area contributed by atoms with Crippen molar-refractivity contribution in [2.75, 3.05) is 40.3 Å². The first-order chi connectivity index (χ1) is 22.5. The fraction of sp³-hybridized carbons (Fsp3) is 0.500. The molecule has 5 rings (SSSR count). The van der Waals surface area contributed by atoms with E-state index in [2.05, 4.69) is 43.0 Å². The zero-order valence-corrected chi connectivity index (χ0v) is 29.0. The highest BCUT2D eigenvalue weighted by Crippen LogP contribution is 2.35. The van der Waals surface area contributed by atoms with Gasteiger partial charge in [-0.25, -0.2) is 4.79 Å². The van der Waals surface area contributed by atoms with Crippen LogP contribution in [-0.4, -0.2) is 93.5 Å². The summed E-state index contributed by atoms with van der Waals surface area (Å²) in [5.74, 6) is -0.0382. The number of carbonyl (C=O) groups is 3. The van der Waals surface area contributed by atoms with Crippen LogP contribution in [0, 0.1) is 6.92 Å². The van der Waals surface area contributed by atoms with Crippen LogP contribution in [0.25, 0.3) is 11.3 Å². The van der Waals surface area contributed by atoms with Gasteiger partial charge in [0.2, 0.25) is 0 Å². The molecule has 0 unspecified atom stereocenters. The lowest BCUT2D eigenvalue weighted by molar-refractivity contribution is 0.0606. The van der Waals surface area contributed by atoms with Crippen molar-refractivity contribution >= 4 is 17.9 Å². The predicted molar refractivity (Wildman–Crippen MR) is 186 cm³/mol. The summed E-state index contributed by atoms with van der Waals surface area (Å²) in [4.78, 5) is 48.3. The molecular weight excluding hydrogens is 590 g/mol. The van der Waals surface area contributed by atoms with Gasteiger partial charge in [-0.3, -0.25) is 9.59 Å². The van der Waals surface area contributed by atoms with Crippen molar-refractivity contribution in [3.8, 4) is 11.3 Å². The average molecular weight is 642 g/mol. The van der Waals surface area contributed by atoms with E-state index in [-0.39, 0.29) is 24.4 Å². The molecule has 1 aromatic heterocycles. The van der Waals surface area contributed by atoms with Gasteiger partial charge in [-0.15, -0.1) is 0 Å². The van der Waals surface area contributed by atoms with E-state index < -0.39 is 6.09 Å². The Labute approximate surface area is 279 Å². The number of hydrogen-bond donors (Lipinski definition) is 1. The Morgan fingerprint density at radius 2 is 1.57 bits per heavy atom. The number of aromatic nitrogens is 1. The van der Waals surface area contributed by atoms with Gasteiger partial charge in [0.25, 0.3) is 11.8 Å². The molecule has 9 heteroatoms. The first-order valence-corrected chi connectivity index (χ1v) is 17.2. The molecule has 0 radical (unpaired) electrons. The van der Waals surface area contributed by atoms with Gasteiger partial charge < -0.3 is 29.3 Å². The molecule has 3 aromatic rings. The normalized spacial score (nSPS) is 15.9. The van der Waals surface area contributed by atoms with Crippen LogP contribution in [0.1, 0.15) is 88.2 Å². The number of hydrogen-bond acceptors (Lipinski definition) is 4. The maximum absolute atomic E-state index is 14.9. The van der Waals surface area contributed by atoms with Gasteiger partial charge in [0, 0.05) is 74.9 Å². The summed E-state index contributed by atoms with van der Waals surface area (Å²) < 4.78 is 2.04. The van der Waals surface area contributed by atoms with Crippen LogP contribution in [0.4, 0.5) is 4.79 Å². The maximum Gasteiger partial charge on any atom is 0.407 e. The molecule has 0 saturated carbocycles. The minimum atomic E-state index is -0.955. The van der Waals surface area contributed by atoms with E-state index in [1.54, 1.807) is 0 Å². The van der Waals surface area contributed by atoms with Crippen molar-refractivity contribution in [3.63, 3.8) is 0 Å². The standard InChI is InChI=1S/C38H51N5O4/c1-7-9-16-41(17-10-8-2)36(44)32-22-35(40(6)26(32)3)33-20-28-15-18-42(38(46)47)23-30(28)21-34(33)37(45)43-24-29-14-12-11-13-27(29)19-31(43)25-39(4)5/h11-14,20-22,31H,7-10,15-19,23-25H2,1-6H3,(H,46,47)/t31-/m0/s1. The number of fused-ring (bicyclic) bond motifs is 2. The summed E-state index contributed by atoms with van der Waals surface area (Å²) >= 11 is 0. The van der Waals surface area contributed by atoms with Gasteiger partial charge in [-0.05, 0) is 87.2 Å². The van der Waals surface area contributed by atoms with E-state index in [9.17, 15) is 19.5 Å². The highest BCUT2D eigenvalue weighted by atomic mass is 16.4. The van der Waals surface area contributed by atoms with E-state index in [1.165, 1.54) is 10.5 Å². The third-order valence-electron chi connectivity index (χ3n) is 9.94. The zero-order chi connectivity index (χ0) is 33.8. The third-order valence-corrected chi connectivity index (χ3v) is 9.94. The number of amides is 3. The number of likely N-dealkylation sites (N-methyl/N-ethyl adjacent to an activating group) is 1. The highest BCUT2D eigenvalue weighted by Gasteiger charge is 2.34. The average Bonchev–Trinajstić information content (AvgIpc) is 3.35. The fourth-order valence-electron chi connectivity index (χ4n) is 7.08. The van der Waals surface area contributed by atoms with Crippen molar-refractivity contribution < 1.29 is 19.5 Å². The Morgan fingerprint density at radius 3 is 2.21 bits per heavy atom. The molecule has 9 nitrogen and oxygen atoms in total. The van der Waals surface area contributed by atoms with Crippen LogP contribution >= 0.6 is 0 Å². The van der Waals surface area contributed by atoms with Gasteiger partial charge in [-0.2, -0.15) is 0 Å².